The van der Waals surface area contributed by atoms with E-state index in [1.807, 2.05) is 0 Å². The molecule has 0 aromatic carbocycles. The van der Waals surface area contributed by atoms with Crippen molar-refractivity contribution in [2.75, 3.05) is 31.3 Å². The minimum atomic E-state index is -1.48. The lowest BCUT2D eigenvalue weighted by molar-refractivity contribution is -0.125. The predicted molar refractivity (Wildman–Crippen MR) is 71.3 cm³/mol. The summed E-state index contributed by atoms with van der Waals surface area (Å²) in [5.74, 6) is -1.06. The number of rotatable bonds is 7. The van der Waals surface area contributed by atoms with Gasteiger partial charge in [0, 0.05) is 7.11 Å². The van der Waals surface area contributed by atoms with E-state index < -0.39 is 23.3 Å². The number of carbonyl (C=O) groups excluding carboxylic acids is 1. The Hall–Kier alpha value is -2.33. The quantitative estimate of drug-likeness (QED) is 0.357. The van der Waals surface area contributed by atoms with Crippen LogP contribution < -0.4 is 28.0 Å². The molecule has 1 rings (SSSR count). The van der Waals surface area contributed by atoms with Crippen LogP contribution in [0.5, 0.6) is 0 Å². The van der Waals surface area contributed by atoms with Crippen LogP contribution in [0, 0.1) is 0 Å². The van der Waals surface area contributed by atoms with E-state index in [-0.39, 0.29) is 31.2 Å². The van der Waals surface area contributed by atoms with Crippen molar-refractivity contribution in [2.45, 2.75) is 12.6 Å². The van der Waals surface area contributed by atoms with Crippen LogP contribution in [0.25, 0.3) is 0 Å². The molecule has 0 spiro atoms. The number of aromatic nitrogens is 2. The van der Waals surface area contributed by atoms with Crippen LogP contribution in [0.2, 0.25) is 0 Å². The van der Waals surface area contributed by atoms with Crippen molar-refractivity contribution in [3.05, 3.63) is 20.8 Å². The molecular weight excluding hydrogens is 270 g/mol. The molecule has 10 nitrogen and oxygen atoms in total. The zero-order valence-corrected chi connectivity index (χ0v) is 10.9. The molecule has 10 heteroatoms. The minimum Gasteiger partial charge on any atom is -0.383 e. The summed E-state index contributed by atoms with van der Waals surface area (Å²) in [5, 5.41) is 11.7. The number of aliphatic hydroxyl groups excluding tert-OH is 1. The molecule has 1 heterocycles. The summed E-state index contributed by atoms with van der Waals surface area (Å²) < 4.78 is 5.93. The summed E-state index contributed by atoms with van der Waals surface area (Å²) in [6.45, 7) is 0.0651. The number of nitrogens with one attached hydrogen (secondary N) is 2. The van der Waals surface area contributed by atoms with E-state index in [0.29, 0.717) is 0 Å². The molecule has 0 fully saturated rings. The third-order valence-corrected chi connectivity index (χ3v) is 2.56. The Kier molecular flexibility index (Phi) is 5.29. The summed E-state index contributed by atoms with van der Waals surface area (Å²) >= 11 is 0. The van der Waals surface area contributed by atoms with Crippen LogP contribution in [0.3, 0.4) is 0 Å². The number of nitrogens with two attached hydrogens (primary N) is 2. The Balaban J connectivity index is 3.04. The number of hydrogen-bond acceptors (Lipinski definition) is 7. The van der Waals surface area contributed by atoms with Crippen molar-refractivity contribution < 1.29 is 14.6 Å². The van der Waals surface area contributed by atoms with Crippen LogP contribution in [0.15, 0.2) is 9.59 Å². The number of ether oxygens (including phenoxy) is 1. The lowest BCUT2D eigenvalue weighted by Crippen LogP contribution is -2.38. The summed E-state index contributed by atoms with van der Waals surface area (Å²) in [6, 6.07) is 0. The predicted octanol–water partition coefficient (Wildman–Crippen LogP) is -2.98. The Labute approximate surface area is 113 Å². The van der Waals surface area contributed by atoms with Crippen molar-refractivity contribution in [2.24, 2.45) is 5.73 Å². The highest BCUT2D eigenvalue weighted by molar-refractivity contribution is 5.79. The summed E-state index contributed by atoms with van der Waals surface area (Å²) in [7, 11) is 1.45. The van der Waals surface area contributed by atoms with Gasteiger partial charge in [-0.15, -0.1) is 0 Å². The van der Waals surface area contributed by atoms with Gasteiger partial charge in [0.25, 0.3) is 5.56 Å². The summed E-state index contributed by atoms with van der Waals surface area (Å²) in [6.07, 6.45) is -1.48. The molecule has 7 N–H and O–H groups in total. The standard InChI is InChI=1S/C10H17N5O5/c1-20-3-2-15-7(11)6(9(18)14-10(15)19)13-4-5(16)8(12)17/h5,13,16H,2-4,11H2,1H3,(H2,12,17)(H,14,18,19). The number of methoxy groups -OCH3 is 1. The van der Waals surface area contributed by atoms with Gasteiger partial charge >= 0.3 is 5.69 Å². The second kappa shape index (κ2) is 6.73. The molecule has 0 aliphatic heterocycles. The lowest BCUT2D eigenvalue weighted by Gasteiger charge is -2.14. The Morgan fingerprint density at radius 3 is 2.75 bits per heavy atom. The van der Waals surface area contributed by atoms with Gasteiger partial charge in [0.1, 0.15) is 17.6 Å². The molecule has 1 aromatic rings. The van der Waals surface area contributed by atoms with Crippen LogP contribution in [0.4, 0.5) is 11.5 Å². The number of nitrogens with zero attached hydrogens (tertiary/aromatic N) is 1. The molecule has 0 saturated heterocycles. The fraction of sp³-hybridized carbons (Fsp3) is 0.500. The number of hydrogen-bond donors (Lipinski definition) is 5. The average Bonchev–Trinajstić information content (AvgIpc) is 2.37. The highest BCUT2D eigenvalue weighted by Gasteiger charge is 2.15. The van der Waals surface area contributed by atoms with Crippen LogP contribution >= 0.6 is 0 Å². The maximum absolute atomic E-state index is 11.6. The zero-order chi connectivity index (χ0) is 15.3. The third-order valence-electron chi connectivity index (χ3n) is 2.56. The Morgan fingerprint density at radius 1 is 1.55 bits per heavy atom. The smallest absolute Gasteiger partial charge is 0.330 e. The Bertz CT molecular complexity index is 593. The number of primary amides is 1. The molecule has 1 atom stereocenters. The maximum atomic E-state index is 11.6. The highest BCUT2D eigenvalue weighted by atomic mass is 16.5. The number of carbonyl (C=O) groups is 1. The van der Waals surface area contributed by atoms with Crippen molar-refractivity contribution >= 4 is 17.4 Å². The molecule has 1 unspecified atom stereocenters. The molecule has 112 valence electrons. The van der Waals surface area contributed by atoms with Gasteiger partial charge in [-0.25, -0.2) is 4.79 Å². The summed E-state index contributed by atoms with van der Waals surface area (Å²) in [5.41, 5.74) is 9.04. The van der Waals surface area contributed by atoms with E-state index in [2.05, 4.69) is 10.3 Å². The van der Waals surface area contributed by atoms with E-state index >= 15 is 0 Å². The number of aliphatic hydroxyl groups is 1. The molecule has 1 aromatic heterocycles. The van der Waals surface area contributed by atoms with Gasteiger partial charge in [0.15, 0.2) is 0 Å². The van der Waals surface area contributed by atoms with Gasteiger partial charge in [-0.3, -0.25) is 19.1 Å². The molecule has 0 radical (unpaired) electrons. The van der Waals surface area contributed by atoms with Gasteiger partial charge in [-0.1, -0.05) is 0 Å². The fourth-order valence-corrected chi connectivity index (χ4v) is 1.46. The first-order valence-electron chi connectivity index (χ1n) is 5.71. The maximum Gasteiger partial charge on any atom is 0.330 e. The topological polar surface area (TPSA) is 165 Å². The van der Waals surface area contributed by atoms with E-state index in [1.165, 1.54) is 7.11 Å². The molecule has 20 heavy (non-hydrogen) atoms. The van der Waals surface area contributed by atoms with Gasteiger partial charge < -0.3 is 26.6 Å². The number of H-pyrrole nitrogens is 1. The molecule has 1 amide bonds. The second-order valence-corrected chi connectivity index (χ2v) is 3.96. The Morgan fingerprint density at radius 2 is 2.20 bits per heavy atom. The minimum absolute atomic E-state index is 0.118. The van der Waals surface area contributed by atoms with E-state index in [4.69, 9.17) is 16.2 Å². The van der Waals surface area contributed by atoms with Gasteiger partial charge in [0.05, 0.1) is 19.7 Å². The summed E-state index contributed by atoms with van der Waals surface area (Å²) in [4.78, 5) is 36.0. The van der Waals surface area contributed by atoms with Crippen LogP contribution in [0.1, 0.15) is 0 Å². The molecule has 0 aliphatic rings. The second-order valence-electron chi connectivity index (χ2n) is 3.96. The van der Waals surface area contributed by atoms with Crippen LogP contribution in [-0.2, 0) is 16.1 Å². The molecule has 0 saturated carbocycles. The van der Waals surface area contributed by atoms with Gasteiger partial charge in [-0.2, -0.15) is 0 Å². The molecular formula is C10H17N5O5. The van der Waals surface area contributed by atoms with Crippen molar-refractivity contribution in [1.29, 1.82) is 0 Å². The van der Waals surface area contributed by atoms with E-state index in [0.717, 1.165) is 4.57 Å². The van der Waals surface area contributed by atoms with Crippen molar-refractivity contribution in [3.8, 4) is 0 Å². The zero-order valence-electron chi connectivity index (χ0n) is 10.9. The first kappa shape index (κ1) is 15.7. The third kappa shape index (κ3) is 3.59. The van der Waals surface area contributed by atoms with Crippen molar-refractivity contribution in [1.82, 2.24) is 9.55 Å². The van der Waals surface area contributed by atoms with E-state index in [1.54, 1.807) is 0 Å². The SMILES string of the molecule is COCCn1c(N)c(NCC(O)C(N)=O)c(=O)[nH]c1=O. The number of amides is 1. The number of anilines is 2. The number of aromatic amines is 1. The van der Waals surface area contributed by atoms with Gasteiger partial charge in [0.2, 0.25) is 5.91 Å². The first-order chi connectivity index (χ1) is 9.38. The van der Waals surface area contributed by atoms with Crippen LogP contribution in [-0.4, -0.2) is 46.9 Å². The monoisotopic (exact) mass is 287 g/mol. The average molecular weight is 287 g/mol. The van der Waals surface area contributed by atoms with Gasteiger partial charge in [-0.05, 0) is 0 Å². The van der Waals surface area contributed by atoms with Crippen molar-refractivity contribution in [3.63, 3.8) is 0 Å². The first-order valence-corrected chi connectivity index (χ1v) is 5.71. The van der Waals surface area contributed by atoms with E-state index in [9.17, 15) is 19.5 Å². The number of nitrogen functional groups attached to an aromatic ring is 1. The molecule has 0 bridgehead atoms. The molecule has 0 aliphatic carbocycles. The normalized spacial score (nSPS) is 12.1. The highest BCUT2D eigenvalue weighted by Crippen LogP contribution is 2.09. The lowest BCUT2D eigenvalue weighted by atomic mass is 10.3. The fourth-order valence-electron chi connectivity index (χ4n) is 1.46. The largest absolute Gasteiger partial charge is 0.383 e.